The van der Waals surface area contributed by atoms with Crippen LogP contribution >= 0.6 is 0 Å². The summed E-state index contributed by atoms with van der Waals surface area (Å²) >= 11 is 0. The maximum Gasteiger partial charge on any atom is 0.189 e. The molecule has 0 aliphatic carbocycles. The van der Waals surface area contributed by atoms with Crippen LogP contribution in [0, 0.1) is 6.92 Å². The molecule has 0 aromatic heterocycles. The third-order valence-electron chi connectivity index (χ3n) is 5.60. The van der Waals surface area contributed by atoms with Crippen LogP contribution in [0.5, 0.6) is 5.75 Å². The largest absolute Gasteiger partial charge is 0.467 e. The Morgan fingerprint density at radius 2 is 1.77 bits per heavy atom. The van der Waals surface area contributed by atoms with Crippen molar-refractivity contribution in [1.29, 1.82) is 0 Å². The molecule has 0 unspecified atom stereocenters. The summed E-state index contributed by atoms with van der Waals surface area (Å²) in [6, 6.07) is 5.79. The van der Waals surface area contributed by atoms with Gasteiger partial charge >= 0.3 is 0 Å². The molecule has 1 aromatic rings. The second-order valence-corrected chi connectivity index (χ2v) is 16.0. The molecule has 0 saturated carbocycles. The molecule has 0 amide bonds. The maximum atomic E-state index is 6.18. The molecule has 0 N–H and O–H groups in total. The molecule has 1 aromatic carbocycles. The van der Waals surface area contributed by atoms with Gasteiger partial charge in [-0.2, -0.15) is 0 Å². The summed E-state index contributed by atoms with van der Waals surface area (Å²) in [5.74, 6) is 1.01. The lowest BCUT2D eigenvalue weighted by molar-refractivity contribution is 0.0215. The molecule has 0 bridgehead atoms. The third kappa shape index (κ3) is 13.0. The van der Waals surface area contributed by atoms with Gasteiger partial charge in [0, 0.05) is 20.2 Å². The van der Waals surface area contributed by atoms with Crippen molar-refractivity contribution < 1.29 is 9.47 Å². The molecule has 0 aliphatic rings. The van der Waals surface area contributed by atoms with E-state index >= 15 is 0 Å². The van der Waals surface area contributed by atoms with E-state index in [2.05, 4.69) is 78.5 Å². The van der Waals surface area contributed by atoms with Gasteiger partial charge in [-0.3, -0.25) is 0 Å². The van der Waals surface area contributed by atoms with Gasteiger partial charge in [0.25, 0.3) is 0 Å². The zero-order valence-corrected chi connectivity index (χ0v) is 22.7. The molecule has 0 fully saturated rings. The topological polar surface area (TPSA) is 18.5 Å². The first-order chi connectivity index (χ1) is 14.6. The molecule has 0 spiro atoms. The van der Waals surface area contributed by atoms with Gasteiger partial charge in [0.05, 0.1) is 0 Å². The van der Waals surface area contributed by atoms with Crippen molar-refractivity contribution in [3.63, 3.8) is 0 Å². The number of aryl methyl sites for hydroxylation is 2. The Balaban J connectivity index is 2.86. The Bertz CT molecular complexity index is 706. The zero-order chi connectivity index (χ0) is 23.3. The Labute approximate surface area is 194 Å². The first kappa shape index (κ1) is 27.7. The van der Waals surface area contributed by atoms with E-state index in [0.717, 1.165) is 38.0 Å². The van der Waals surface area contributed by atoms with Gasteiger partial charge in [0.2, 0.25) is 0 Å². The fourth-order valence-electron chi connectivity index (χ4n) is 3.48. The monoisotopic (exact) mass is 444 g/mol. The van der Waals surface area contributed by atoms with E-state index in [9.17, 15) is 0 Å². The number of allylic oxidation sites excluding steroid dienone is 4. The van der Waals surface area contributed by atoms with E-state index in [4.69, 9.17) is 9.47 Å². The third-order valence-corrected chi connectivity index (χ3v) is 7.31. The van der Waals surface area contributed by atoms with E-state index in [1.807, 2.05) is 0 Å². The minimum atomic E-state index is -1.07. The van der Waals surface area contributed by atoms with Crippen molar-refractivity contribution in [2.45, 2.75) is 105 Å². The molecule has 31 heavy (non-hydrogen) atoms. The molecule has 0 atom stereocenters. The van der Waals surface area contributed by atoms with Gasteiger partial charge in [-0.25, -0.2) is 0 Å². The van der Waals surface area contributed by atoms with Gasteiger partial charge < -0.3 is 9.47 Å². The Hall–Kier alpha value is -1.32. The number of hydrogen-bond acceptors (Lipinski definition) is 2. The van der Waals surface area contributed by atoms with Gasteiger partial charge in [-0.1, -0.05) is 68.8 Å². The second-order valence-electron chi connectivity index (χ2n) is 10.4. The van der Waals surface area contributed by atoms with Gasteiger partial charge in [0.15, 0.2) is 6.79 Å². The first-order valence-corrected chi connectivity index (χ1v) is 15.9. The van der Waals surface area contributed by atoms with Crippen LogP contribution in [0.2, 0.25) is 25.7 Å². The van der Waals surface area contributed by atoms with E-state index in [1.165, 1.54) is 53.1 Å². The highest BCUT2D eigenvalue weighted by Crippen LogP contribution is 2.27. The highest BCUT2D eigenvalue weighted by atomic mass is 28.3. The average molecular weight is 445 g/mol. The smallest absolute Gasteiger partial charge is 0.189 e. The molecule has 3 heteroatoms. The van der Waals surface area contributed by atoms with Crippen molar-refractivity contribution in [2.24, 2.45) is 0 Å². The van der Waals surface area contributed by atoms with Crippen LogP contribution in [0.3, 0.4) is 0 Å². The van der Waals surface area contributed by atoms with Gasteiger partial charge in [0.1, 0.15) is 5.75 Å². The van der Waals surface area contributed by atoms with Crippen LogP contribution in [0.4, 0.5) is 0 Å². The lowest BCUT2D eigenvalue weighted by atomic mass is 9.97. The van der Waals surface area contributed by atoms with Crippen molar-refractivity contribution in [1.82, 2.24) is 0 Å². The van der Waals surface area contributed by atoms with Gasteiger partial charge in [-0.05, 0) is 83.0 Å². The fraction of sp³-hybridized carbons (Fsp3) is 0.643. The minimum absolute atomic E-state index is 0.346. The molecule has 0 saturated heterocycles. The van der Waals surface area contributed by atoms with E-state index in [-0.39, 0.29) is 0 Å². The number of rotatable bonds is 15. The molecule has 2 nitrogen and oxygen atoms in total. The standard InChI is InChI=1S/C28H48O2Si/c1-9-10-11-15-26-20-25(5)27(17-16-24(4)14-12-13-23(2)3)28(21-26)30-22-29-18-19-31(6,7)8/h13,16,20-21H,9-12,14-15,17-19,22H2,1-8H3/b24-16+. The van der Waals surface area contributed by atoms with Crippen LogP contribution in [0.15, 0.2) is 35.4 Å². The highest BCUT2D eigenvalue weighted by Gasteiger charge is 2.13. The number of ether oxygens (including phenoxy) is 2. The Morgan fingerprint density at radius 3 is 2.42 bits per heavy atom. The summed E-state index contributed by atoms with van der Waals surface area (Å²) in [4.78, 5) is 0. The predicted octanol–water partition coefficient (Wildman–Crippen LogP) is 8.65. The van der Waals surface area contributed by atoms with Crippen LogP contribution in [0.1, 0.15) is 76.5 Å². The lowest BCUT2D eigenvalue weighted by Gasteiger charge is -2.18. The average Bonchev–Trinajstić information content (AvgIpc) is 2.66. The van der Waals surface area contributed by atoms with Crippen LogP contribution in [-0.2, 0) is 17.6 Å². The molecule has 0 radical (unpaired) electrons. The number of unbranched alkanes of at least 4 members (excludes halogenated alkanes) is 2. The summed E-state index contributed by atoms with van der Waals surface area (Å²) in [5.41, 5.74) is 6.86. The SMILES string of the molecule is CCCCCc1cc(C)c(C/C=C(\C)CCC=C(C)C)c(OCOCC[Si](C)(C)C)c1. The lowest BCUT2D eigenvalue weighted by Crippen LogP contribution is -2.22. The maximum absolute atomic E-state index is 6.18. The van der Waals surface area contributed by atoms with Crippen molar-refractivity contribution in [2.75, 3.05) is 13.4 Å². The Morgan fingerprint density at radius 1 is 1.03 bits per heavy atom. The second kappa shape index (κ2) is 14.7. The molecular formula is C28H48O2Si. The van der Waals surface area contributed by atoms with E-state index in [0.29, 0.717) is 6.79 Å². The van der Waals surface area contributed by atoms with Crippen LogP contribution < -0.4 is 4.74 Å². The Kier molecular flexibility index (Phi) is 13.1. The molecule has 1 rings (SSSR count). The summed E-state index contributed by atoms with van der Waals surface area (Å²) in [7, 11) is -1.07. The summed E-state index contributed by atoms with van der Waals surface area (Å²) < 4.78 is 12.0. The summed E-state index contributed by atoms with van der Waals surface area (Å²) in [6.07, 6.45) is 12.8. The first-order valence-electron chi connectivity index (χ1n) is 12.2. The van der Waals surface area contributed by atoms with Crippen molar-refractivity contribution >= 4 is 8.07 Å². The zero-order valence-electron chi connectivity index (χ0n) is 21.7. The molecular weight excluding hydrogens is 396 g/mol. The minimum Gasteiger partial charge on any atom is -0.467 e. The van der Waals surface area contributed by atoms with Crippen LogP contribution in [0.25, 0.3) is 0 Å². The summed E-state index contributed by atoms with van der Waals surface area (Å²) in [6.45, 7) is 19.3. The van der Waals surface area contributed by atoms with E-state index in [1.54, 1.807) is 0 Å². The van der Waals surface area contributed by atoms with Gasteiger partial charge in [-0.15, -0.1) is 0 Å². The molecule has 176 valence electrons. The number of benzene rings is 1. The molecule has 0 heterocycles. The van der Waals surface area contributed by atoms with Crippen molar-refractivity contribution in [3.8, 4) is 5.75 Å². The summed E-state index contributed by atoms with van der Waals surface area (Å²) in [5, 5.41) is 0. The highest BCUT2D eigenvalue weighted by molar-refractivity contribution is 6.76. The quantitative estimate of drug-likeness (QED) is 0.117. The number of hydrogen-bond donors (Lipinski definition) is 0. The normalized spacial score (nSPS) is 12.2. The van der Waals surface area contributed by atoms with Crippen molar-refractivity contribution in [3.05, 3.63) is 52.1 Å². The predicted molar refractivity (Wildman–Crippen MR) is 140 cm³/mol. The molecule has 0 aliphatic heterocycles. The van der Waals surface area contributed by atoms with E-state index < -0.39 is 8.07 Å². The fourth-order valence-corrected chi connectivity index (χ4v) is 4.24. The van der Waals surface area contributed by atoms with Crippen LogP contribution in [-0.4, -0.2) is 21.5 Å².